The number of carbonyl (C=O) groups excluding carboxylic acids is 1. The molecule has 0 aliphatic carbocycles. The van der Waals surface area contributed by atoms with Crippen molar-refractivity contribution in [2.75, 3.05) is 18.4 Å². The molecule has 3 rings (SSSR count). The Morgan fingerprint density at radius 1 is 1.24 bits per heavy atom. The lowest BCUT2D eigenvalue weighted by molar-refractivity contribution is 0.0958. The number of amides is 1. The number of hydrogen-bond acceptors (Lipinski definition) is 8. The predicted octanol–water partition coefficient (Wildman–Crippen LogP) is 1.28. The summed E-state index contributed by atoms with van der Waals surface area (Å²) < 4.78 is 5.65. The van der Waals surface area contributed by atoms with Crippen molar-refractivity contribution in [2.24, 2.45) is 0 Å². The second-order valence-corrected chi connectivity index (χ2v) is 6.13. The van der Waals surface area contributed by atoms with E-state index < -0.39 is 0 Å². The molecule has 2 N–H and O–H groups in total. The van der Waals surface area contributed by atoms with E-state index in [2.05, 4.69) is 35.2 Å². The molecule has 0 aliphatic heterocycles. The number of imidazole rings is 1. The van der Waals surface area contributed by atoms with E-state index in [1.807, 2.05) is 30.7 Å². The van der Waals surface area contributed by atoms with E-state index in [1.165, 1.54) is 0 Å². The Balaban J connectivity index is 1.58. The highest BCUT2D eigenvalue weighted by atomic mass is 32.1. The van der Waals surface area contributed by atoms with Crippen LogP contribution in [0.2, 0.25) is 0 Å². The molecule has 0 fully saturated rings. The SMILES string of the molecule is Cc1nc(NCCNC(=O)c2snnc2C)cc(-n2ccnc2C)n1. The second kappa shape index (κ2) is 7.34. The van der Waals surface area contributed by atoms with Gasteiger partial charge in [0.1, 0.15) is 28.2 Å². The topological polar surface area (TPSA) is 111 Å². The molecule has 25 heavy (non-hydrogen) atoms. The molecule has 0 radical (unpaired) electrons. The van der Waals surface area contributed by atoms with Crippen LogP contribution in [0.3, 0.4) is 0 Å². The van der Waals surface area contributed by atoms with E-state index in [9.17, 15) is 4.79 Å². The number of rotatable bonds is 6. The van der Waals surface area contributed by atoms with E-state index in [-0.39, 0.29) is 5.91 Å². The molecule has 9 nitrogen and oxygen atoms in total. The number of nitrogens with zero attached hydrogens (tertiary/aromatic N) is 6. The van der Waals surface area contributed by atoms with Gasteiger partial charge < -0.3 is 10.6 Å². The first-order valence-corrected chi connectivity index (χ1v) is 8.49. The molecule has 0 saturated heterocycles. The van der Waals surface area contributed by atoms with Crippen molar-refractivity contribution >= 4 is 23.3 Å². The molecule has 0 aromatic carbocycles. The van der Waals surface area contributed by atoms with Gasteiger partial charge in [0, 0.05) is 31.5 Å². The van der Waals surface area contributed by atoms with Crippen molar-refractivity contribution in [2.45, 2.75) is 20.8 Å². The Bertz CT molecular complexity index is 887. The van der Waals surface area contributed by atoms with E-state index >= 15 is 0 Å². The van der Waals surface area contributed by atoms with Crippen molar-refractivity contribution in [3.05, 3.63) is 40.7 Å². The summed E-state index contributed by atoms with van der Waals surface area (Å²) in [6.07, 6.45) is 3.58. The van der Waals surface area contributed by atoms with Crippen molar-refractivity contribution in [1.29, 1.82) is 0 Å². The summed E-state index contributed by atoms with van der Waals surface area (Å²) in [7, 11) is 0. The van der Waals surface area contributed by atoms with Gasteiger partial charge in [-0.25, -0.2) is 15.0 Å². The zero-order chi connectivity index (χ0) is 17.8. The highest BCUT2D eigenvalue weighted by Gasteiger charge is 2.12. The Labute approximate surface area is 148 Å². The van der Waals surface area contributed by atoms with E-state index in [0.717, 1.165) is 23.2 Å². The standard InChI is InChI=1S/C15H18N8OS/c1-9-14(25-22-21-9)15(24)18-5-4-17-12-8-13(20-10(2)19-12)23-7-6-16-11(23)3/h6-8H,4-5H2,1-3H3,(H,18,24)(H,17,19,20). The molecular weight excluding hydrogens is 340 g/mol. The minimum absolute atomic E-state index is 0.164. The number of nitrogens with one attached hydrogen (secondary N) is 2. The van der Waals surface area contributed by atoms with E-state index in [1.54, 1.807) is 13.1 Å². The van der Waals surface area contributed by atoms with Crippen LogP contribution in [0, 0.1) is 20.8 Å². The molecule has 3 heterocycles. The first kappa shape index (κ1) is 17.0. The molecule has 0 spiro atoms. The molecule has 130 valence electrons. The maximum atomic E-state index is 12.0. The maximum Gasteiger partial charge on any atom is 0.265 e. The summed E-state index contributed by atoms with van der Waals surface area (Å²) in [5.74, 6) is 2.79. The normalized spacial score (nSPS) is 10.7. The predicted molar refractivity (Wildman–Crippen MR) is 94.1 cm³/mol. The van der Waals surface area contributed by atoms with E-state index in [0.29, 0.717) is 35.3 Å². The first-order chi connectivity index (χ1) is 12.0. The summed E-state index contributed by atoms with van der Waals surface area (Å²) in [6.45, 7) is 6.51. The molecule has 0 saturated carbocycles. The molecular formula is C15H18N8OS. The molecule has 10 heteroatoms. The van der Waals surface area contributed by atoms with Gasteiger partial charge >= 0.3 is 0 Å². The van der Waals surface area contributed by atoms with Gasteiger partial charge in [-0.05, 0) is 32.3 Å². The van der Waals surface area contributed by atoms with Gasteiger partial charge in [0.15, 0.2) is 0 Å². The number of aryl methyl sites for hydroxylation is 3. The minimum atomic E-state index is -0.164. The molecule has 0 bridgehead atoms. The van der Waals surface area contributed by atoms with Gasteiger partial charge in [0.2, 0.25) is 0 Å². The molecule has 0 atom stereocenters. The third-order valence-electron chi connectivity index (χ3n) is 3.47. The van der Waals surface area contributed by atoms with Gasteiger partial charge in [-0.1, -0.05) is 4.49 Å². The van der Waals surface area contributed by atoms with Crippen LogP contribution < -0.4 is 10.6 Å². The largest absolute Gasteiger partial charge is 0.368 e. The average Bonchev–Trinajstić information content (AvgIpc) is 3.19. The first-order valence-electron chi connectivity index (χ1n) is 7.71. The monoisotopic (exact) mass is 358 g/mol. The average molecular weight is 358 g/mol. The Hall–Kier alpha value is -2.88. The van der Waals surface area contributed by atoms with Crippen LogP contribution >= 0.6 is 11.5 Å². The smallest absolute Gasteiger partial charge is 0.265 e. The zero-order valence-corrected chi connectivity index (χ0v) is 15.0. The maximum absolute atomic E-state index is 12.0. The minimum Gasteiger partial charge on any atom is -0.368 e. The summed E-state index contributed by atoms with van der Waals surface area (Å²) in [5, 5.41) is 9.86. The van der Waals surface area contributed by atoms with Gasteiger partial charge in [-0.3, -0.25) is 9.36 Å². The molecule has 1 amide bonds. The Morgan fingerprint density at radius 3 is 2.76 bits per heavy atom. The van der Waals surface area contributed by atoms with Gasteiger partial charge in [-0.15, -0.1) is 5.10 Å². The fourth-order valence-electron chi connectivity index (χ4n) is 2.27. The van der Waals surface area contributed by atoms with Gasteiger partial charge in [0.25, 0.3) is 5.91 Å². The lowest BCUT2D eigenvalue weighted by Crippen LogP contribution is -2.28. The fourth-order valence-corrected chi connectivity index (χ4v) is 2.85. The Morgan fingerprint density at radius 2 is 2.08 bits per heavy atom. The van der Waals surface area contributed by atoms with Crippen molar-refractivity contribution in [1.82, 2.24) is 34.4 Å². The van der Waals surface area contributed by atoms with E-state index in [4.69, 9.17) is 0 Å². The highest BCUT2D eigenvalue weighted by molar-refractivity contribution is 7.07. The fraction of sp³-hybridized carbons (Fsp3) is 0.333. The summed E-state index contributed by atoms with van der Waals surface area (Å²) >= 11 is 1.09. The number of hydrogen-bond donors (Lipinski definition) is 2. The van der Waals surface area contributed by atoms with Crippen molar-refractivity contribution in [3.8, 4) is 5.82 Å². The van der Waals surface area contributed by atoms with Crippen LogP contribution in [-0.4, -0.2) is 48.1 Å². The lowest BCUT2D eigenvalue weighted by Gasteiger charge is -2.10. The van der Waals surface area contributed by atoms with Crippen molar-refractivity contribution in [3.63, 3.8) is 0 Å². The van der Waals surface area contributed by atoms with Gasteiger partial charge in [-0.2, -0.15) is 0 Å². The molecule has 3 aromatic rings. The number of aromatic nitrogens is 6. The summed E-state index contributed by atoms with van der Waals surface area (Å²) in [4.78, 5) is 25.5. The second-order valence-electron chi connectivity index (χ2n) is 5.37. The van der Waals surface area contributed by atoms with Gasteiger partial charge in [0.05, 0.1) is 5.69 Å². The van der Waals surface area contributed by atoms with Crippen LogP contribution in [0.1, 0.15) is 27.0 Å². The quantitative estimate of drug-likeness (QED) is 0.639. The molecule has 3 aromatic heterocycles. The third-order valence-corrected chi connectivity index (χ3v) is 4.30. The van der Waals surface area contributed by atoms with Crippen LogP contribution in [0.4, 0.5) is 5.82 Å². The van der Waals surface area contributed by atoms with Crippen LogP contribution in [-0.2, 0) is 0 Å². The number of anilines is 1. The summed E-state index contributed by atoms with van der Waals surface area (Å²) in [5.41, 5.74) is 0.641. The van der Waals surface area contributed by atoms with Crippen LogP contribution in [0.5, 0.6) is 0 Å². The summed E-state index contributed by atoms with van der Waals surface area (Å²) in [6, 6.07) is 1.85. The number of carbonyl (C=O) groups is 1. The molecule has 0 aliphatic rings. The van der Waals surface area contributed by atoms with Crippen LogP contribution in [0.15, 0.2) is 18.5 Å². The lowest BCUT2D eigenvalue weighted by atomic mass is 10.4. The highest BCUT2D eigenvalue weighted by Crippen LogP contribution is 2.12. The zero-order valence-electron chi connectivity index (χ0n) is 14.1. The molecule has 0 unspecified atom stereocenters. The Kier molecular flexibility index (Phi) is 4.98. The van der Waals surface area contributed by atoms with Crippen molar-refractivity contribution < 1.29 is 4.79 Å². The van der Waals surface area contributed by atoms with Crippen LogP contribution in [0.25, 0.3) is 5.82 Å². The third kappa shape index (κ3) is 3.97.